The van der Waals surface area contributed by atoms with E-state index < -0.39 is 35.3 Å². The molecule has 0 aliphatic rings. The van der Waals surface area contributed by atoms with Crippen molar-refractivity contribution in [3.05, 3.63) is 53.7 Å². The van der Waals surface area contributed by atoms with E-state index in [0.717, 1.165) is 12.1 Å². The molecular formula is C15H14F4N2O3. The van der Waals surface area contributed by atoms with Crippen molar-refractivity contribution in [3.8, 4) is 0 Å². The van der Waals surface area contributed by atoms with Crippen LogP contribution in [0.5, 0.6) is 0 Å². The first-order valence-corrected chi connectivity index (χ1v) is 6.78. The Morgan fingerprint density at radius 3 is 2.67 bits per heavy atom. The van der Waals surface area contributed by atoms with Crippen LogP contribution in [0.1, 0.15) is 17.4 Å². The second-order valence-electron chi connectivity index (χ2n) is 4.81. The summed E-state index contributed by atoms with van der Waals surface area (Å²) < 4.78 is 61.9. The van der Waals surface area contributed by atoms with Crippen LogP contribution in [0.4, 0.5) is 28.0 Å². The number of anilines is 1. The molecule has 1 aromatic carbocycles. The number of ether oxygens (including phenoxy) is 1. The van der Waals surface area contributed by atoms with Crippen LogP contribution in [-0.2, 0) is 10.9 Å². The van der Waals surface area contributed by atoms with Gasteiger partial charge in [0.2, 0.25) is 0 Å². The SMILES string of the molecule is COCC(NC(=O)Nc1ccc(F)cc1C(F)(F)F)c1ccco1. The number of hydrogen-bond acceptors (Lipinski definition) is 3. The number of carbonyl (C=O) groups is 1. The standard InChI is InChI=1S/C15H14F4N2O3/c1-23-8-12(13-3-2-6-24-13)21-14(22)20-11-5-4-9(16)7-10(11)15(17,18)19/h2-7,12H,8H2,1H3,(H2,20,21,22). The van der Waals surface area contributed by atoms with Crippen molar-refractivity contribution in [1.82, 2.24) is 5.32 Å². The van der Waals surface area contributed by atoms with Crippen LogP contribution in [0.3, 0.4) is 0 Å². The number of urea groups is 1. The minimum absolute atomic E-state index is 0.0521. The second-order valence-corrected chi connectivity index (χ2v) is 4.81. The van der Waals surface area contributed by atoms with E-state index >= 15 is 0 Å². The zero-order valence-corrected chi connectivity index (χ0v) is 12.5. The molecule has 0 spiro atoms. The number of nitrogens with one attached hydrogen (secondary N) is 2. The lowest BCUT2D eigenvalue weighted by atomic mass is 10.1. The summed E-state index contributed by atoms with van der Waals surface area (Å²) in [6.07, 6.45) is -3.42. The molecule has 1 atom stereocenters. The molecule has 0 radical (unpaired) electrons. The maximum atomic E-state index is 13.1. The molecule has 5 nitrogen and oxygen atoms in total. The third-order valence-electron chi connectivity index (χ3n) is 3.06. The van der Waals surface area contributed by atoms with Crippen LogP contribution in [0.15, 0.2) is 41.0 Å². The molecule has 0 saturated heterocycles. The van der Waals surface area contributed by atoms with Crippen LogP contribution in [-0.4, -0.2) is 19.7 Å². The van der Waals surface area contributed by atoms with E-state index in [-0.39, 0.29) is 6.61 Å². The van der Waals surface area contributed by atoms with Gasteiger partial charge in [-0.2, -0.15) is 13.2 Å². The van der Waals surface area contributed by atoms with Gasteiger partial charge in [0, 0.05) is 7.11 Å². The molecule has 1 heterocycles. The third kappa shape index (κ3) is 4.48. The topological polar surface area (TPSA) is 63.5 Å². The number of halogens is 4. The first kappa shape index (κ1) is 17.8. The van der Waals surface area contributed by atoms with Crippen molar-refractivity contribution in [3.63, 3.8) is 0 Å². The Kier molecular flexibility index (Phi) is 5.45. The Morgan fingerprint density at radius 1 is 1.33 bits per heavy atom. The van der Waals surface area contributed by atoms with Crippen molar-refractivity contribution in [2.45, 2.75) is 12.2 Å². The number of alkyl halides is 3. The molecule has 2 amide bonds. The lowest BCUT2D eigenvalue weighted by Crippen LogP contribution is -2.35. The molecule has 2 N–H and O–H groups in total. The molecule has 130 valence electrons. The molecule has 2 aromatic rings. The maximum Gasteiger partial charge on any atom is 0.418 e. The first-order valence-electron chi connectivity index (χ1n) is 6.78. The summed E-state index contributed by atoms with van der Waals surface area (Å²) in [6, 6.07) is 3.56. The van der Waals surface area contributed by atoms with Crippen molar-refractivity contribution >= 4 is 11.7 Å². The van der Waals surface area contributed by atoms with E-state index in [0.29, 0.717) is 11.8 Å². The Balaban J connectivity index is 2.14. The summed E-state index contributed by atoms with van der Waals surface area (Å²) in [5, 5.41) is 4.49. The molecule has 0 bridgehead atoms. The molecule has 0 saturated carbocycles. The van der Waals surface area contributed by atoms with Crippen LogP contribution >= 0.6 is 0 Å². The van der Waals surface area contributed by atoms with Crippen LogP contribution in [0, 0.1) is 5.82 Å². The lowest BCUT2D eigenvalue weighted by Gasteiger charge is -2.18. The summed E-state index contributed by atoms with van der Waals surface area (Å²) in [6.45, 7) is 0.0521. The van der Waals surface area contributed by atoms with Gasteiger partial charge in [-0.3, -0.25) is 0 Å². The Bertz CT molecular complexity index is 687. The maximum absolute atomic E-state index is 13.1. The van der Waals surface area contributed by atoms with Gasteiger partial charge < -0.3 is 19.8 Å². The van der Waals surface area contributed by atoms with E-state index in [1.54, 1.807) is 12.1 Å². The van der Waals surface area contributed by atoms with E-state index in [1.807, 2.05) is 0 Å². The summed E-state index contributed by atoms with van der Waals surface area (Å²) in [5.41, 5.74) is -1.84. The quantitative estimate of drug-likeness (QED) is 0.806. The number of benzene rings is 1. The van der Waals surface area contributed by atoms with Crippen molar-refractivity contribution in [2.75, 3.05) is 19.0 Å². The van der Waals surface area contributed by atoms with Crippen molar-refractivity contribution in [2.24, 2.45) is 0 Å². The van der Waals surface area contributed by atoms with E-state index in [9.17, 15) is 22.4 Å². The highest BCUT2D eigenvalue weighted by Crippen LogP contribution is 2.35. The summed E-state index contributed by atoms with van der Waals surface area (Å²) in [5.74, 6) is -0.678. The minimum atomic E-state index is -4.81. The fraction of sp³-hybridized carbons (Fsp3) is 0.267. The van der Waals surface area contributed by atoms with Gasteiger partial charge >= 0.3 is 12.2 Å². The number of furan rings is 1. The highest BCUT2D eigenvalue weighted by molar-refractivity contribution is 5.90. The number of hydrogen-bond donors (Lipinski definition) is 2. The molecule has 24 heavy (non-hydrogen) atoms. The molecule has 9 heteroatoms. The van der Waals surface area contributed by atoms with Gasteiger partial charge in [-0.15, -0.1) is 0 Å². The largest absolute Gasteiger partial charge is 0.467 e. The van der Waals surface area contributed by atoms with Crippen LogP contribution in [0.25, 0.3) is 0 Å². The molecule has 1 aromatic heterocycles. The van der Waals surface area contributed by atoms with Gasteiger partial charge in [-0.25, -0.2) is 9.18 Å². The Hall–Kier alpha value is -2.55. The number of methoxy groups -OCH3 is 1. The van der Waals surface area contributed by atoms with Gasteiger partial charge in [-0.05, 0) is 30.3 Å². The molecular weight excluding hydrogens is 332 g/mol. The van der Waals surface area contributed by atoms with Gasteiger partial charge in [0.15, 0.2) is 0 Å². The number of amides is 2. The van der Waals surface area contributed by atoms with Gasteiger partial charge in [0.25, 0.3) is 0 Å². The van der Waals surface area contributed by atoms with Crippen molar-refractivity contribution in [1.29, 1.82) is 0 Å². The predicted octanol–water partition coefficient (Wildman–Crippen LogP) is 3.95. The van der Waals surface area contributed by atoms with Gasteiger partial charge in [0.05, 0.1) is 24.1 Å². The second kappa shape index (κ2) is 7.35. The highest BCUT2D eigenvalue weighted by Gasteiger charge is 2.34. The fourth-order valence-electron chi connectivity index (χ4n) is 2.03. The third-order valence-corrected chi connectivity index (χ3v) is 3.06. The fourth-order valence-corrected chi connectivity index (χ4v) is 2.03. The van der Waals surface area contributed by atoms with Crippen molar-refractivity contribution < 1.29 is 31.5 Å². The molecule has 1 unspecified atom stereocenters. The molecule has 0 fully saturated rings. The molecule has 0 aliphatic heterocycles. The monoisotopic (exact) mass is 346 g/mol. The average Bonchev–Trinajstić information content (AvgIpc) is 3.02. The number of carbonyl (C=O) groups excluding carboxylic acids is 1. The van der Waals surface area contributed by atoms with E-state index in [1.165, 1.54) is 13.4 Å². The highest BCUT2D eigenvalue weighted by atomic mass is 19.4. The van der Waals surface area contributed by atoms with Gasteiger partial charge in [0.1, 0.15) is 17.6 Å². The predicted molar refractivity (Wildman–Crippen MR) is 76.9 cm³/mol. The Morgan fingerprint density at radius 2 is 2.08 bits per heavy atom. The average molecular weight is 346 g/mol. The van der Waals surface area contributed by atoms with Crippen LogP contribution < -0.4 is 10.6 Å². The molecule has 0 aliphatic carbocycles. The minimum Gasteiger partial charge on any atom is -0.467 e. The zero-order chi connectivity index (χ0) is 17.7. The van der Waals surface area contributed by atoms with E-state index in [2.05, 4.69) is 10.6 Å². The normalized spacial score (nSPS) is 12.7. The number of rotatable bonds is 5. The molecule has 2 rings (SSSR count). The van der Waals surface area contributed by atoms with Crippen LogP contribution in [0.2, 0.25) is 0 Å². The first-order chi connectivity index (χ1) is 11.3. The van der Waals surface area contributed by atoms with Gasteiger partial charge in [-0.1, -0.05) is 0 Å². The summed E-state index contributed by atoms with van der Waals surface area (Å²) in [4.78, 5) is 12.0. The van der Waals surface area contributed by atoms with E-state index in [4.69, 9.17) is 9.15 Å². The summed E-state index contributed by atoms with van der Waals surface area (Å²) in [7, 11) is 1.40. The Labute approximate surface area is 134 Å². The summed E-state index contributed by atoms with van der Waals surface area (Å²) >= 11 is 0. The lowest BCUT2D eigenvalue weighted by molar-refractivity contribution is -0.137. The zero-order valence-electron chi connectivity index (χ0n) is 12.5. The smallest absolute Gasteiger partial charge is 0.418 e.